The number of halogens is 2. The fraction of sp³-hybridized carbons (Fsp3) is 0.267. The van der Waals surface area contributed by atoms with Crippen LogP contribution < -0.4 is 4.90 Å². The summed E-state index contributed by atoms with van der Waals surface area (Å²) in [6.45, 7) is 2.20. The molecule has 0 aliphatic heterocycles. The summed E-state index contributed by atoms with van der Waals surface area (Å²) < 4.78 is 28.0. The third-order valence-electron chi connectivity index (χ3n) is 3.04. The zero-order valence-corrected chi connectivity index (χ0v) is 11.2. The maximum absolute atomic E-state index is 14.0. The van der Waals surface area contributed by atoms with E-state index in [2.05, 4.69) is 4.98 Å². The molecule has 0 aliphatic rings. The number of aromatic nitrogens is 1. The molecule has 0 fully saturated rings. The van der Waals surface area contributed by atoms with E-state index in [1.54, 1.807) is 23.2 Å². The zero-order chi connectivity index (χ0) is 14.5. The number of benzene rings is 1. The van der Waals surface area contributed by atoms with E-state index >= 15 is 0 Å². The van der Waals surface area contributed by atoms with Gasteiger partial charge in [-0.3, -0.25) is 4.98 Å². The molecule has 0 spiro atoms. The molecule has 0 saturated heterocycles. The monoisotopic (exact) mass is 278 g/mol. The minimum absolute atomic E-state index is 0.0876. The van der Waals surface area contributed by atoms with Gasteiger partial charge in [0.15, 0.2) is 0 Å². The highest BCUT2D eigenvalue weighted by Gasteiger charge is 2.17. The molecule has 1 N–H and O–H groups in total. The third kappa shape index (κ3) is 3.11. The molecule has 0 amide bonds. The Bertz CT molecular complexity index is 552. The van der Waals surface area contributed by atoms with Gasteiger partial charge in [0, 0.05) is 12.7 Å². The predicted molar refractivity (Wildman–Crippen MR) is 73.2 cm³/mol. The number of aliphatic hydroxyl groups is 1. The summed E-state index contributed by atoms with van der Waals surface area (Å²) in [7, 11) is 0. The van der Waals surface area contributed by atoms with Crippen molar-refractivity contribution >= 4 is 5.69 Å². The lowest BCUT2D eigenvalue weighted by molar-refractivity contribution is 0.280. The van der Waals surface area contributed by atoms with Gasteiger partial charge < -0.3 is 10.0 Å². The third-order valence-corrected chi connectivity index (χ3v) is 3.04. The van der Waals surface area contributed by atoms with Gasteiger partial charge in [-0.1, -0.05) is 6.07 Å². The first kappa shape index (κ1) is 14.4. The van der Waals surface area contributed by atoms with Crippen molar-refractivity contribution in [1.82, 2.24) is 4.98 Å². The Hall–Kier alpha value is -2.01. The van der Waals surface area contributed by atoms with E-state index in [1.807, 2.05) is 13.0 Å². The van der Waals surface area contributed by atoms with Gasteiger partial charge in [0.05, 0.1) is 18.8 Å². The van der Waals surface area contributed by atoms with E-state index in [1.165, 1.54) is 0 Å². The van der Waals surface area contributed by atoms with Crippen LogP contribution in [0.2, 0.25) is 0 Å². The van der Waals surface area contributed by atoms with Crippen LogP contribution >= 0.6 is 0 Å². The van der Waals surface area contributed by atoms with Gasteiger partial charge in [-0.05, 0) is 36.8 Å². The van der Waals surface area contributed by atoms with Crippen LogP contribution in [-0.2, 0) is 13.2 Å². The van der Waals surface area contributed by atoms with Crippen molar-refractivity contribution in [2.45, 2.75) is 20.1 Å². The molecule has 1 heterocycles. The second kappa shape index (κ2) is 6.43. The molecule has 1 aromatic carbocycles. The quantitative estimate of drug-likeness (QED) is 0.913. The fourth-order valence-electron chi connectivity index (χ4n) is 2.05. The van der Waals surface area contributed by atoms with Crippen LogP contribution in [0.3, 0.4) is 0 Å². The van der Waals surface area contributed by atoms with E-state index in [-0.39, 0.29) is 17.9 Å². The lowest BCUT2D eigenvalue weighted by Gasteiger charge is -2.24. The lowest BCUT2D eigenvalue weighted by atomic mass is 10.1. The molecule has 0 atom stereocenters. The first-order valence-electron chi connectivity index (χ1n) is 6.39. The van der Waals surface area contributed by atoms with Crippen molar-refractivity contribution in [2.75, 3.05) is 11.4 Å². The molecule has 106 valence electrons. The summed E-state index contributed by atoms with van der Waals surface area (Å²) in [5.74, 6) is -1.35. The number of nitrogens with zero attached hydrogens (tertiary/aromatic N) is 2. The first-order chi connectivity index (χ1) is 9.65. The summed E-state index contributed by atoms with van der Waals surface area (Å²) in [6.07, 6.45) is 1.64. The first-order valence-corrected chi connectivity index (χ1v) is 6.39. The molecule has 0 aliphatic carbocycles. The molecule has 5 heteroatoms. The van der Waals surface area contributed by atoms with Crippen LogP contribution in [0.25, 0.3) is 0 Å². The van der Waals surface area contributed by atoms with Crippen molar-refractivity contribution in [3.05, 3.63) is 59.4 Å². The molecule has 3 nitrogen and oxygen atoms in total. The second-order valence-electron chi connectivity index (χ2n) is 4.40. The number of rotatable bonds is 5. The minimum Gasteiger partial charge on any atom is -0.392 e. The maximum Gasteiger partial charge on any atom is 0.149 e. The molecule has 20 heavy (non-hydrogen) atoms. The Kier molecular flexibility index (Phi) is 4.63. The number of aliphatic hydroxyl groups excluding tert-OH is 1. The molecule has 0 radical (unpaired) electrons. The predicted octanol–water partition coefficient (Wildman–Crippen LogP) is 2.88. The number of pyridine rings is 1. The van der Waals surface area contributed by atoms with Gasteiger partial charge in [-0.25, -0.2) is 8.78 Å². The summed E-state index contributed by atoms with van der Waals surface area (Å²) in [5.41, 5.74) is 0.868. The topological polar surface area (TPSA) is 36.4 Å². The Morgan fingerprint density at radius 3 is 2.40 bits per heavy atom. The van der Waals surface area contributed by atoms with Gasteiger partial charge in [0.1, 0.15) is 17.3 Å². The highest BCUT2D eigenvalue weighted by Crippen LogP contribution is 2.26. The molecule has 1 aromatic heterocycles. The maximum atomic E-state index is 14.0. The standard InChI is InChI=1S/C15H16F2N2O/c1-2-19(9-12-5-3-4-6-18-12)15-13(16)7-11(10-20)8-14(15)17/h3-8,20H,2,9-10H2,1H3. The van der Waals surface area contributed by atoms with E-state index < -0.39 is 11.6 Å². The largest absolute Gasteiger partial charge is 0.392 e. The van der Waals surface area contributed by atoms with Crippen molar-refractivity contribution in [3.8, 4) is 0 Å². The van der Waals surface area contributed by atoms with Gasteiger partial charge in [-0.2, -0.15) is 0 Å². The van der Waals surface area contributed by atoms with E-state index in [0.717, 1.165) is 17.8 Å². The van der Waals surface area contributed by atoms with E-state index in [0.29, 0.717) is 13.1 Å². The van der Waals surface area contributed by atoms with Crippen molar-refractivity contribution in [1.29, 1.82) is 0 Å². The van der Waals surface area contributed by atoms with Crippen LogP contribution in [0, 0.1) is 11.6 Å². The molecule has 2 aromatic rings. The van der Waals surface area contributed by atoms with E-state index in [4.69, 9.17) is 5.11 Å². The molecule has 0 saturated carbocycles. The van der Waals surface area contributed by atoms with Crippen molar-refractivity contribution < 1.29 is 13.9 Å². The Morgan fingerprint density at radius 2 is 1.90 bits per heavy atom. The molecule has 0 unspecified atom stereocenters. The molecule has 0 bridgehead atoms. The number of hydrogen-bond acceptors (Lipinski definition) is 3. The van der Waals surface area contributed by atoms with E-state index in [9.17, 15) is 8.78 Å². The van der Waals surface area contributed by atoms with Gasteiger partial charge in [0.2, 0.25) is 0 Å². The Balaban J connectivity index is 2.32. The second-order valence-corrected chi connectivity index (χ2v) is 4.40. The van der Waals surface area contributed by atoms with Gasteiger partial charge in [0.25, 0.3) is 0 Å². The summed E-state index contributed by atoms with van der Waals surface area (Å²) in [4.78, 5) is 5.74. The smallest absolute Gasteiger partial charge is 0.149 e. The average Bonchev–Trinajstić information content (AvgIpc) is 2.46. The normalized spacial score (nSPS) is 10.6. The Morgan fingerprint density at radius 1 is 1.20 bits per heavy atom. The van der Waals surface area contributed by atoms with Crippen LogP contribution in [0.1, 0.15) is 18.2 Å². The lowest BCUT2D eigenvalue weighted by Crippen LogP contribution is -2.25. The fourth-order valence-corrected chi connectivity index (χ4v) is 2.05. The molecular weight excluding hydrogens is 262 g/mol. The van der Waals surface area contributed by atoms with Crippen LogP contribution in [0.4, 0.5) is 14.5 Å². The number of anilines is 1. The molecule has 2 rings (SSSR count). The number of hydrogen-bond donors (Lipinski definition) is 1. The Labute approximate surface area is 116 Å². The van der Waals surface area contributed by atoms with Gasteiger partial charge >= 0.3 is 0 Å². The molecular formula is C15H16F2N2O. The minimum atomic E-state index is -0.674. The van der Waals surface area contributed by atoms with Crippen LogP contribution in [-0.4, -0.2) is 16.6 Å². The summed E-state index contributed by atoms with van der Waals surface area (Å²) >= 11 is 0. The SMILES string of the molecule is CCN(Cc1ccccn1)c1c(F)cc(CO)cc1F. The highest BCUT2D eigenvalue weighted by molar-refractivity contribution is 5.50. The van der Waals surface area contributed by atoms with Crippen molar-refractivity contribution in [2.24, 2.45) is 0 Å². The average molecular weight is 278 g/mol. The summed E-state index contributed by atoms with van der Waals surface area (Å²) in [6, 6.07) is 7.73. The summed E-state index contributed by atoms with van der Waals surface area (Å²) in [5, 5.41) is 8.95. The van der Waals surface area contributed by atoms with Crippen LogP contribution in [0.5, 0.6) is 0 Å². The van der Waals surface area contributed by atoms with Crippen LogP contribution in [0.15, 0.2) is 36.5 Å². The van der Waals surface area contributed by atoms with Crippen molar-refractivity contribution in [3.63, 3.8) is 0 Å². The highest BCUT2D eigenvalue weighted by atomic mass is 19.1. The van der Waals surface area contributed by atoms with Gasteiger partial charge in [-0.15, -0.1) is 0 Å². The zero-order valence-electron chi connectivity index (χ0n) is 11.2.